The molecule has 1 saturated carbocycles. The number of hydrogen-bond donors (Lipinski definition) is 1. The van der Waals surface area contributed by atoms with Crippen LogP contribution < -0.4 is 5.32 Å². The Labute approximate surface area is 95.3 Å². The average Bonchev–Trinajstić information content (AvgIpc) is 2.71. The second-order valence-corrected chi connectivity index (χ2v) is 4.20. The molecule has 0 unspecified atom stereocenters. The fourth-order valence-electron chi connectivity index (χ4n) is 1.94. The highest BCUT2D eigenvalue weighted by Crippen LogP contribution is 2.22. The predicted octanol–water partition coefficient (Wildman–Crippen LogP) is 2.49. The van der Waals surface area contributed by atoms with Crippen molar-refractivity contribution in [3.8, 4) is 0 Å². The standard InChI is InChI=1S/C11H15N3S/c1-8-12-6-9(7-15)11(13-8)14-10-4-2-3-5-10/h6-7,10H,2-5H2,1H3,(H,12,13,14). The molecule has 1 aromatic heterocycles. The van der Waals surface area contributed by atoms with Gasteiger partial charge in [0.15, 0.2) is 0 Å². The number of nitrogens with one attached hydrogen (secondary N) is 1. The summed E-state index contributed by atoms with van der Waals surface area (Å²) >= 11 is 4.95. The summed E-state index contributed by atoms with van der Waals surface area (Å²) in [5.41, 5.74) is 0.919. The van der Waals surface area contributed by atoms with Gasteiger partial charge in [0, 0.05) is 23.2 Å². The lowest BCUT2D eigenvalue weighted by molar-refractivity contribution is 0.748. The van der Waals surface area contributed by atoms with Crippen molar-refractivity contribution < 1.29 is 0 Å². The molecule has 1 N–H and O–H groups in total. The van der Waals surface area contributed by atoms with Gasteiger partial charge in [-0.3, -0.25) is 0 Å². The molecule has 1 fully saturated rings. The largest absolute Gasteiger partial charge is 0.367 e. The number of rotatable bonds is 3. The van der Waals surface area contributed by atoms with E-state index in [9.17, 15) is 0 Å². The topological polar surface area (TPSA) is 37.8 Å². The van der Waals surface area contributed by atoms with Crippen molar-refractivity contribution in [2.45, 2.75) is 38.6 Å². The lowest BCUT2D eigenvalue weighted by Gasteiger charge is -2.14. The van der Waals surface area contributed by atoms with Crippen molar-refractivity contribution in [1.82, 2.24) is 9.97 Å². The first-order valence-corrected chi connectivity index (χ1v) is 5.82. The Balaban J connectivity index is 2.17. The number of thiocarbonyl (C=S) groups is 1. The molecule has 0 spiro atoms. The van der Waals surface area contributed by atoms with E-state index in [2.05, 4.69) is 15.3 Å². The van der Waals surface area contributed by atoms with Crippen LogP contribution in [0.15, 0.2) is 6.20 Å². The van der Waals surface area contributed by atoms with E-state index >= 15 is 0 Å². The molecule has 1 aliphatic carbocycles. The summed E-state index contributed by atoms with van der Waals surface area (Å²) in [6.45, 7) is 1.90. The molecule has 2 rings (SSSR count). The molecule has 0 amide bonds. The molecule has 1 heterocycles. The lowest BCUT2D eigenvalue weighted by Crippen LogP contribution is -2.17. The third-order valence-corrected chi connectivity index (χ3v) is 3.01. The minimum atomic E-state index is 0.563. The first-order chi connectivity index (χ1) is 7.29. The van der Waals surface area contributed by atoms with E-state index in [1.165, 1.54) is 25.7 Å². The van der Waals surface area contributed by atoms with E-state index in [4.69, 9.17) is 12.2 Å². The first kappa shape index (κ1) is 10.5. The molecule has 0 bridgehead atoms. The minimum Gasteiger partial charge on any atom is -0.367 e. The summed E-state index contributed by atoms with van der Waals surface area (Å²) in [6.07, 6.45) is 6.88. The first-order valence-electron chi connectivity index (χ1n) is 5.35. The third kappa shape index (κ3) is 2.50. The van der Waals surface area contributed by atoms with Crippen molar-refractivity contribution in [1.29, 1.82) is 0 Å². The Hall–Kier alpha value is -1.03. The van der Waals surface area contributed by atoms with E-state index in [0.29, 0.717) is 6.04 Å². The zero-order valence-corrected chi connectivity index (χ0v) is 9.68. The Morgan fingerprint density at radius 2 is 2.20 bits per heavy atom. The van der Waals surface area contributed by atoms with Gasteiger partial charge < -0.3 is 5.32 Å². The Kier molecular flexibility index (Phi) is 3.26. The quantitative estimate of drug-likeness (QED) is 0.796. The van der Waals surface area contributed by atoms with Gasteiger partial charge in [-0.25, -0.2) is 9.97 Å². The molecule has 0 atom stereocenters. The van der Waals surface area contributed by atoms with Gasteiger partial charge in [-0.05, 0) is 19.8 Å². The summed E-state index contributed by atoms with van der Waals surface area (Å²) in [4.78, 5) is 8.52. The van der Waals surface area contributed by atoms with E-state index in [1.54, 1.807) is 11.6 Å². The number of anilines is 1. The predicted molar refractivity (Wildman–Crippen MR) is 65.4 cm³/mol. The third-order valence-electron chi connectivity index (χ3n) is 2.76. The maximum atomic E-state index is 4.95. The molecular weight excluding hydrogens is 206 g/mol. The van der Waals surface area contributed by atoms with Gasteiger partial charge in [0.05, 0.1) is 0 Å². The van der Waals surface area contributed by atoms with Crippen molar-refractivity contribution in [2.75, 3.05) is 5.32 Å². The Morgan fingerprint density at radius 3 is 2.87 bits per heavy atom. The monoisotopic (exact) mass is 221 g/mol. The van der Waals surface area contributed by atoms with Gasteiger partial charge in [0.25, 0.3) is 0 Å². The van der Waals surface area contributed by atoms with Crippen LogP contribution >= 0.6 is 12.2 Å². The summed E-state index contributed by atoms with van der Waals surface area (Å²) < 4.78 is 0. The van der Waals surface area contributed by atoms with Crippen LogP contribution in [0.4, 0.5) is 5.82 Å². The smallest absolute Gasteiger partial charge is 0.138 e. The fraction of sp³-hybridized carbons (Fsp3) is 0.545. The second kappa shape index (κ2) is 4.66. The number of aromatic nitrogens is 2. The van der Waals surface area contributed by atoms with Crippen molar-refractivity contribution in [3.63, 3.8) is 0 Å². The molecular formula is C11H15N3S. The Bertz CT molecular complexity index is 359. The number of aryl methyl sites for hydroxylation is 1. The molecule has 1 aliphatic rings. The van der Waals surface area contributed by atoms with Gasteiger partial charge >= 0.3 is 0 Å². The summed E-state index contributed by atoms with van der Waals surface area (Å²) in [7, 11) is 0. The maximum absolute atomic E-state index is 4.95. The SMILES string of the molecule is Cc1ncc(C=S)c(NC2CCCC2)n1. The van der Waals surface area contributed by atoms with Gasteiger partial charge in [-0.1, -0.05) is 25.1 Å². The van der Waals surface area contributed by atoms with Gasteiger partial charge in [0.2, 0.25) is 0 Å². The molecule has 4 heteroatoms. The van der Waals surface area contributed by atoms with Crippen LogP contribution in [0.1, 0.15) is 37.1 Å². The molecule has 3 nitrogen and oxygen atoms in total. The highest BCUT2D eigenvalue weighted by molar-refractivity contribution is 7.79. The summed E-state index contributed by atoms with van der Waals surface area (Å²) in [5.74, 6) is 1.68. The van der Waals surface area contributed by atoms with Gasteiger partial charge in [0.1, 0.15) is 11.6 Å². The highest BCUT2D eigenvalue weighted by atomic mass is 32.1. The van der Waals surface area contributed by atoms with Gasteiger partial charge in [-0.15, -0.1) is 0 Å². The molecule has 0 aliphatic heterocycles. The molecule has 15 heavy (non-hydrogen) atoms. The zero-order chi connectivity index (χ0) is 10.7. The summed E-state index contributed by atoms with van der Waals surface area (Å²) in [6, 6.07) is 0.563. The molecule has 80 valence electrons. The van der Waals surface area contributed by atoms with Crippen LogP contribution in [0.3, 0.4) is 0 Å². The normalized spacial score (nSPS) is 16.6. The lowest BCUT2D eigenvalue weighted by atomic mass is 10.2. The zero-order valence-electron chi connectivity index (χ0n) is 8.86. The van der Waals surface area contributed by atoms with Crippen molar-refractivity contribution in [2.24, 2.45) is 0 Å². The molecule has 1 aromatic rings. The van der Waals surface area contributed by atoms with Crippen LogP contribution in [0.25, 0.3) is 0 Å². The van der Waals surface area contributed by atoms with E-state index in [-0.39, 0.29) is 0 Å². The van der Waals surface area contributed by atoms with Crippen LogP contribution in [0, 0.1) is 6.92 Å². The second-order valence-electron chi connectivity index (χ2n) is 3.96. The molecule has 0 radical (unpaired) electrons. The summed E-state index contributed by atoms with van der Waals surface area (Å²) in [5, 5.41) is 5.09. The Morgan fingerprint density at radius 1 is 1.47 bits per heavy atom. The van der Waals surface area contributed by atoms with Crippen molar-refractivity contribution >= 4 is 23.4 Å². The molecule has 0 aromatic carbocycles. The number of hydrogen-bond acceptors (Lipinski definition) is 4. The maximum Gasteiger partial charge on any atom is 0.138 e. The van der Waals surface area contributed by atoms with Crippen LogP contribution in [-0.4, -0.2) is 21.4 Å². The highest BCUT2D eigenvalue weighted by Gasteiger charge is 2.16. The fourth-order valence-corrected chi connectivity index (χ4v) is 2.12. The van der Waals surface area contributed by atoms with Crippen LogP contribution in [0.5, 0.6) is 0 Å². The molecule has 0 saturated heterocycles. The average molecular weight is 221 g/mol. The number of nitrogens with zero attached hydrogens (tertiary/aromatic N) is 2. The van der Waals surface area contributed by atoms with E-state index < -0.39 is 0 Å². The van der Waals surface area contributed by atoms with Gasteiger partial charge in [-0.2, -0.15) is 0 Å². The minimum absolute atomic E-state index is 0.563. The van der Waals surface area contributed by atoms with E-state index in [0.717, 1.165) is 17.2 Å². The van der Waals surface area contributed by atoms with Crippen molar-refractivity contribution in [3.05, 3.63) is 17.6 Å². The van der Waals surface area contributed by atoms with E-state index in [1.807, 2.05) is 6.92 Å². The van der Waals surface area contributed by atoms with Crippen LogP contribution in [0.2, 0.25) is 0 Å². The van der Waals surface area contributed by atoms with Crippen LogP contribution in [-0.2, 0) is 0 Å².